The highest BCUT2D eigenvalue weighted by atomic mass is 19.1. The molecular weight excluding hydrogens is 294 g/mol. The Balaban J connectivity index is 0.000000162. The highest BCUT2D eigenvalue weighted by molar-refractivity contribution is 5.75. The fourth-order valence-electron chi connectivity index (χ4n) is 1.83. The van der Waals surface area contributed by atoms with Crippen LogP contribution in [0, 0.1) is 11.6 Å². The van der Waals surface area contributed by atoms with Crippen molar-refractivity contribution in [2.24, 2.45) is 0 Å². The molecule has 0 amide bonds. The summed E-state index contributed by atoms with van der Waals surface area (Å²) < 4.78 is 35.3. The molecule has 0 aliphatic carbocycles. The second-order valence-electron chi connectivity index (χ2n) is 4.28. The SMILES string of the molecule is COc1c(F)cc(C=O)cc1F.c1cc2c(cn1)NCCO2. The van der Waals surface area contributed by atoms with E-state index in [1.165, 1.54) is 0 Å². The van der Waals surface area contributed by atoms with Gasteiger partial charge in [-0.25, -0.2) is 8.78 Å². The molecule has 2 heterocycles. The summed E-state index contributed by atoms with van der Waals surface area (Å²) in [7, 11) is 1.15. The molecule has 1 aliphatic rings. The van der Waals surface area contributed by atoms with Crippen LogP contribution in [0.2, 0.25) is 0 Å². The lowest BCUT2D eigenvalue weighted by Gasteiger charge is -2.17. The number of nitrogens with one attached hydrogen (secondary N) is 1. The fraction of sp³-hybridized carbons (Fsp3) is 0.200. The number of carbonyl (C=O) groups is 1. The van der Waals surface area contributed by atoms with Gasteiger partial charge in [-0.3, -0.25) is 9.78 Å². The van der Waals surface area contributed by atoms with Gasteiger partial charge in [0, 0.05) is 24.4 Å². The number of benzene rings is 1. The van der Waals surface area contributed by atoms with Gasteiger partial charge in [0.15, 0.2) is 17.4 Å². The Bertz CT molecular complexity index is 617. The first-order chi connectivity index (χ1) is 10.7. The molecule has 7 heteroatoms. The lowest BCUT2D eigenvalue weighted by atomic mass is 10.2. The van der Waals surface area contributed by atoms with E-state index in [4.69, 9.17) is 4.74 Å². The molecule has 0 bridgehead atoms. The van der Waals surface area contributed by atoms with E-state index >= 15 is 0 Å². The number of nitrogens with zero attached hydrogens (tertiary/aromatic N) is 1. The lowest BCUT2D eigenvalue weighted by Crippen LogP contribution is -2.17. The van der Waals surface area contributed by atoms with Gasteiger partial charge in [-0.1, -0.05) is 0 Å². The van der Waals surface area contributed by atoms with Crippen LogP contribution in [0.1, 0.15) is 10.4 Å². The second kappa shape index (κ2) is 7.35. The number of aromatic nitrogens is 1. The smallest absolute Gasteiger partial charge is 0.190 e. The third-order valence-corrected chi connectivity index (χ3v) is 2.82. The van der Waals surface area contributed by atoms with Crippen molar-refractivity contribution < 1.29 is 23.0 Å². The summed E-state index contributed by atoms with van der Waals surface area (Å²) in [5, 5.41) is 3.18. The number of pyridine rings is 1. The van der Waals surface area contributed by atoms with E-state index in [9.17, 15) is 13.6 Å². The van der Waals surface area contributed by atoms with Crippen LogP contribution in [-0.4, -0.2) is 31.5 Å². The van der Waals surface area contributed by atoms with Crippen molar-refractivity contribution in [2.45, 2.75) is 0 Å². The molecule has 3 rings (SSSR count). The van der Waals surface area contributed by atoms with E-state index in [1.807, 2.05) is 6.07 Å². The van der Waals surface area contributed by atoms with E-state index in [0.29, 0.717) is 6.29 Å². The molecule has 0 spiro atoms. The molecule has 0 unspecified atom stereocenters. The Kier molecular flexibility index (Phi) is 5.24. The maximum atomic E-state index is 12.8. The van der Waals surface area contributed by atoms with E-state index in [1.54, 1.807) is 12.4 Å². The number of rotatable bonds is 2. The number of fused-ring (bicyclic) bond motifs is 1. The van der Waals surface area contributed by atoms with Crippen LogP contribution in [0.4, 0.5) is 14.5 Å². The average molecular weight is 308 g/mol. The highest BCUT2D eigenvalue weighted by Gasteiger charge is 2.10. The Morgan fingerprint density at radius 1 is 1.36 bits per heavy atom. The van der Waals surface area contributed by atoms with Gasteiger partial charge >= 0.3 is 0 Å². The van der Waals surface area contributed by atoms with Crippen molar-refractivity contribution in [1.82, 2.24) is 4.98 Å². The monoisotopic (exact) mass is 308 g/mol. The van der Waals surface area contributed by atoms with Gasteiger partial charge in [0.05, 0.1) is 19.0 Å². The van der Waals surface area contributed by atoms with Crippen LogP contribution >= 0.6 is 0 Å². The van der Waals surface area contributed by atoms with E-state index in [2.05, 4.69) is 15.0 Å². The first-order valence-electron chi connectivity index (χ1n) is 6.44. The lowest BCUT2D eigenvalue weighted by molar-refractivity contribution is 0.112. The Hall–Kier alpha value is -2.70. The second-order valence-corrected chi connectivity index (χ2v) is 4.28. The molecule has 5 nitrogen and oxygen atoms in total. The predicted molar refractivity (Wildman–Crippen MR) is 76.5 cm³/mol. The van der Waals surface area contributed by atoms with Gasteiger partial charge in [-0.15, -0.1) is 0 Å². The van der Waals surface area contributed by atoms with Gasteiger partial charge < -0.3 is 14.8 Å². The average Bonchev–Trinajstić information content (AvgIpc) is 2.55. The van der Waals surface area contributed by atoms with Crippen molar-refractivity contribution in [3.63, 3.8) is 0 Å². The Morgan fingerprint density at radius 3 is 2.68 bits per heavy atom. The van der Waals surface area contributed by atoms with Gasteiger partial charge in [-0.2, -0.15) is 0 Å². The van der Waals surface area contributed by atoms with Crippen molar-refractivity contribution in [2.75, 3.05) is 25.6 Å². The van der Waals surface area contributed by atoms with Crippen LogP contribution in [0.5, 0.6) is 11.5 Å². The maximum Gasteiger partial charge on any atom is 0.190 e. The van der Waals surface area contributed by atoms with E-state index in [0.717, 1.165) is 43.8 Å². The summed E-state index contributed by atoms with van der Waals surface area (Å²) in [5.74, 6) is -1.32. The van der Waals surface area contributed by atoms with Crippen molar-refractivity contribution in [3.05, 3.63) is 47.8 Å². The topological polar surface area (TPSA) is 60.5 Å². The predicted octanol–water partition coefficient (Wildman–Crippen LogP) is 2.67. The number of carbonyl (C=O) groups excluding carboxylic acids is 1. The molecule has 0 saturated heterocycles. The van der Waals surface area contributed by atoms with Crippen LogP contribution in [0.25, 0.3) is 0 Å². The molecule has 1 aromatic carbocycles. The number of anilines is 1. The Morgan fingerprint density at radius 2 is 2.09 bits per heavy atom. The maximum absolute atomic E-state index is 12.8. The number of ether oxygens (including phenoxy) is 2. The zero-order valence-corrected chi connectivity index (χ0v) is 11.8. The minimum absolute atomic E-state index is 0.0502. The molecule has 0 radical (unpaired) electrons. The summed E-state index contributed by atoms with van der Waals surface area (Å²) >= 11 is 0. The molecular formula is C15H14F2N2O3. The zero-order chi connectivity index (χ0) is 15.9. The summed E-state index contributed by atoms with van der Waals surface area (Å²) in [4.78, 5) is 14.1. The summed E-state index contributed by atoms with van der Waals surface area (Å²) in [6.07, 6.45) is 3.87. The summed E-state index contributed by atoms with van der Waals surface area (Å²) in [6.45, 7) is 1.62. The third kappa shape index (κ3) is 3.69. The van der Waals surface area contributed by atoms with Crippen molar-refractivity contribution in [3.8, 4) is 11.5 Å². The molecule has 22 heavy (non-hydrogen) atoms. The molecule has 116 valence electrons. The molecule has 2 aromatic rings. The minimum atomic E-state index is -0.875. The molecule has 0 atom stereocenters. The largest absolute Gasteiger partial charge is 0.491 e. The van der Waals surface area contributed by atoms with Crippen LogP contribution in [-0.2, 0) is 0 Å². The van der Waals surface area contributed by atoms with E-state index in [-0.39, 0.29) is 5.56 Å². The number of hydrogen-bond acceptors (Lipinski definition) is 5. The highest BCUT2D eigenvalue weighted by Crippen LogP contribution is 2.24. The summed E-state index contributed by atoms with van der Waals surface area (Å²) in [6, 6.07) is 3.69. The van der Waals surface area contributed by atoms with Gasteiger partial charge in [0.1, 0.15) is 18.6 Å². The number of methoxy groups -OCH3 is 1. The number of aldehydes is 1. The minimum Gasteiger partial charge on any atom is -0.491 e. The van der Waals surface area contributed by atoms with Crippen LogP contribution in [0.3, 0.4) is 0 Å². The first-order valence-corrected chi connectivity index (χ1v) is 6.44. The molecule has 0 saturated carbocycles. The number of hydrogen-bond donors (Lipinski definition) is 1. The molecule has 1 aliphatic heterocycles. The van der Waals surface area contributed by atoms with Crippen LogP contribution < -0.4 is 14.8 Å². The first kappa shape index (κ1) is 15.7. The molecule has 1 aromatic heterocycles. The van der Waals surface area contributed by atoms with Crippen molar-refractivity contribution in [1.29, 1.82) is 0 Å². The standard InChI is InChI=1S/C8H6F2O2.C7H8N2O/c1-12-8-6(9)2-5(4-11)3-7(8)10;1-2-8-5-6-7(1)10-4-3-9-6/h2-4H,1H3;1-2,5,9H,3-4H2. The zero-order valence-electron chi connectivity index (χ0n) is 11.8. The van der Waals surface area contributed by atoms with Gasteiger partial charge in [0.25, 0.3) is 0 Å². The summed E-state index contributed by atoms with van der Waals surface area (Å²) in [5.41, 5.74) is 0.944. The normalized spacial score (nSPS) is 12.0. The fourth-order valence-corrected chi connectivity index (χ4v) is 1.83. The van der Waals surface area contributed by atoms with E-state index < -0.39 is 17.4 Å². The van der Waals surface area contributed by atoms with Crippen LogP contribution in [0.15, 0.2) is 30.6 Å². The molecule has 1 N–H and O–H groups in total. The van der Waals surface area contributed by atoms with Crippen molar-refractivity contribution >= 4 is 12.0 Å². The molecule has 0 fully saturated rings. The Labute approximate surface area is 125 Å². The quantitative estimate of drug-likeness (QED) is 0.864. The van der Waals surface area contributed by atoms with Gasteiger partial charge in [0.2, 0.25) is 0 Å². The third-order valence-electron chi connectivity index (χ3n) is 2.82. The van der Waals surface area contributed by atoms with Gasteiger partial charge in [-0.05, 0) is 12.1 Å². The number of halogens is 2.